The van der Waals surface area contributed by atoms with Crippen LogP contribution in [0, 0.1) is 0 Å². The molecule has 0 aliphatic carbocycles. The fourth-order valence-electron chi connectivity index (χ4n) is 3.15. The smallest absolute Gasteiger partial charge is 0.192 e. The zero-order valence-corrected chi connectivity index (χ0v) is 21.6. The maximum atomic E-state index is 6.51. The Labute approximate surface area is 187 Å². The highest BCUT2D eigenvalue weighted by Gasteiger charge is 2.43. The lowest BCUT2D eigenvalue weighted by molar-refractivity contribution is -0.0347. The highest BCUT2D eigenvalue weighted by atomic mass is 33.1. The average molecular weight is 488 g/mol. The molecule has 12 heteroatoms. The Morgan fingerprint density at radius 3 is 2.70 bits per heavy atom. The minimum absolute atomic E-state index is 0.0133. The molecule has 3 atom stereocenters. The molecule has 0 spiro atoms. The second kappa shape index (κ2) is 8.84. The molecule has 0 bridgehead atoms. The zero-order valence-electron chi connectivity index (χ0n) is 18.1. The van der Waals surface area contributed by atoms with E-state index in [0.717, 1.165) is 17.9 Å². The van der Waals surface area contributed by atoms with Gasteiger partial charge in [0.25, 0.3) is 0 Å². The number of hydrogen-bond acceptors (Lipinski definition) is 9. The van der Waals surface area contributed by atoms with E-state index in [2.05, 4.69) is 48.8 Å². The van der Waals surface area contributed by atoms with Crippen LogP contribution in [0.4, 0.5) is 5.82 Å². The summed E-state index contributed by atoms with van der Waals surface area (Å²) in [4.78, 5) is 12.8. The van der Waals surface area contributed by atoms with Gasteiger partial charge in [-0.1, -0.05) is 43.5 Å². The standard InChI is InChI=1S/C18H30N5O3PS2Si/c1-18(2,3)30(4,5)24-9-13-12(26-27-28-6-7-29-27)8-14(25-13)23-11-22-15-16(19)20-10-21-17(15)23/h10-14H,6-9H2,1-5H3,(H2,19,20,21)/t12-,13+,14+/m0/s1. The molecule has 4 rings (SSSR count). The molecule has 2 aromatic heterocycles. The molecular formula is C18H30N5O3PS2Si. The van der Waals surface area contributed by atoms with E-state index in [1.54, 1.807) is 6.33 Å². The van der Waals surface area contributed by atoms with Crippen molar-refractivity contribution in [2.24, 2.45) is 0 Å². The van der Waals surface area contributed by atoms with Gasteiger partial charge in [-0.3, -0.25) is 4.57 Å². The fraction of sp³-hybridized carbons (Fsp3) is 0.722. The van der Waals surface area contributed by atoms with Crippen LogP contribution >= 0.6 is 29.3 Å². The minimum atomic E-state index is -1.88. The van der Waals surface area contributed by atoms with Crippen LogP contribution in [0.1, 0.15) is 33.4 Å². The number of hydrogen-bond donors (Lipinski definition) is 1. The molecule has 4 heterocycles. The second-order valence-electron chi connectivity index (χ2n) is 9.05. The van der Waals surface area contributed by atoms with Crippen LogP contribution in [0.15, 0.2) is 12.7 Å². The number of nitrogen functional groups attached to an aromatic ring is 1. The van der Waals surface area contributed by atoms with E-state index in [0.29, 0.717) is 23.6 Å². The van der Waals surface area contributed by atoms with Crippen molar-refractivity contribution in [3.05, 3.63) is 12.7 Å². The van der Waals surface area contributed by atoms with E-state index in [1.807, 2.05) is 27.3 Å². The molecular weight excluding hydrogens is 457 g/mol. The Morgan fingerprint density at radius 1 is 1.27 bits per heavy atom. The first-order chi connectivity index (χ1) is 14.2. The van der Waals surface area contributed by atoms with Crippen LogP contribution in [-0.2, 0) is 13.7 Å². The van der Waals surface area contributed by atoms with Gasteiger partial charge in [0, 0.05) is 17.9 Å². The topological polar surface area (TPSA) is 97.3 Å². The SMILES string of the molecule is CC(C)(C)[Si](C)(C)OC[C@H]1O[C@@H](n2cnc3c(N)ncnc32)C[C@@H]1OP1SCCS1. The maximum Gasteiger partial charge on any atom is 0.192 e. The van der Waals surface area contributed by atoms with Crippen LogP contribution < -0.4 is 5.73 Å². The van der Waals surface area contributed by atoms with Crippen molar-refractivity contribution >= 4 is 54.6 Å². The number of aromatic nitrogens is 4. The van der Waals surface area contributed by atoms with Crippen molar-refractivity contribution in [2.45, 2.75) is 63.8 Å². The van der Waals surface area contributed by atoms with Gasteiger partial charge in [0.05, 0.1) is 19.0 Å². The number of nitrogens with zero attached hydrogens (tertiary/aromatic N) is 4. The van der Waals surface area contributed by atoms with E-state index >= 15 is 0 Å². The Balaban J connectivity index is 1.53. The highest BCUT2D eigenvalue weighted by molar-refractivity contribution is 8.88. The molecule has 0 aromatic carbocycles. The third-order valence-electron chi connectivity index (χ3n) is 5.99. The Bertz CT molecular complexity index is 890. The molecule has 8 nitrogen and oxygen atoms in total. The molecule has 30 heavy (non-hydrogen) atoms. The first-order valence-corrected chi connectivity index (χ1v) is 17.5. The molecule has 2 fully saturated rings. The van der Waals surface area contributed by atoms with Gasteiger partial charge < -0.3 is 19.4 Å². The summed E-state index contributed by atoms with van der Waals surface area (Å²) in [6.07, 6.45) is 3.59. The molecule has 0 saturated carbocycles. The van der Waals surface area contributed by atoms with Crippen LogP contribution in [0.25, 0.3) is 11.2 Å². The third kappa shape index (κ3) is 4.67. The van der Waals surface area contributed by atoms with Crippen molar-refractivity contribution < 1.29 is 13.7 Å². The van der Waals surface area contributed by atoms with Crippen molar-refractivity contribution in [2.75, 3.05) is 23.8 Å². The lowest BCUT2D eigenvalue weighted by Crippen LogP contribution is -2.44. The van der Waals surface area contributed by atoms with E-state index in [4.69, 9.17) is 19.4 Å². The number of anilines is 1. The third-order valence-corrected chi connectivity index (χ3v) is 17.2. The predicted molar refractivity (Wildman–Crippen MR) is 128 cm³/mol. The summed E-state index contributed by atoms with van der Waals surface area (Å²) in [7, 11) is -1.88. The minimum Gasteiger partial charge on any atom is -0.414 e. The van der Waals surface area contributed by atoms with Gasteiger partial charge in [-0.05, 0) is 18.1 Å². The quantitative estimate of drug-likeness (QED) is 0.455. The number of rotatable bonds is 6. The lowest BCUT2D eigenvalue weighted by atomic mass is 10.2. The van der Waals surface area contributed by atoms with Crippen LogP contribution in [-0.4, -0.2) is 58.2 Å². The molecule has 2 aromatic rings. The van der Waals surface area contributed by atoms with Crippen molar-refractivity contribution in [3.63, 3.8) is 0 Å². The summed E-state index contributed by atoms with van der Waals surface area (Å²) >= 11 is 3.85. The largest absolute Gasteiger partial charge is 0.414 e. The normalized spacial score (nSPS) is 26.1. The summed E-state index contributed by atoms with van der Waals surface area (Å²) in [5.74, 6) is 2.69. The molecule has 2 aliphatic rings. The first-order valence-electron chi connectivity index (χ1n) is 10.1. The summed E-state index contributed by atoms with van der Waals surface area (Å²) in [5, 5.41) is 0.150. The summed E-state index contributed by atoms with van der Waals surface area (Å²) in [5.41, 5.74) is 7.25. The lowest BCUT2D eigenvalue weighted by Gasteiger charge is -2.37. The van der Waals surface area contributed by atoms with Crippen molar-refractivity contribution in [1.29, 1.82) is 0 Å². The Kier molecular flexibility index (Phi) is 6.71. The van der Waals surface area contributed by atoms with E-state index < -0.39 is 14.9 Å². The van der Waals surface area contributed by atoms with E-state index in [1.165, 1.54) is 6.33 Å². The predicted octanol–water partition coefficient (Wildman–Crippen LogP) is 4.81. The Morgan fingerprint density at radius 2 is 2.00 bits per heavy atom. The summed E-state index contributed by atoms with van der Waals surface area (Å²) < 4.78 is 21.4. The highest BCUT2D eigenvalue weighted by Crippen LogP contribution is 2.67. The van der Waals surface area contributed by atoms with Gasteiger partial charge >= 0.3 is 0 Å². The van der Waals surface area contributed by atoms with Crippen LogP contribution in [0.2, 0.25) is 18.1 Å². The van der Waals surface area contributed by atoms with Crippen molar-refractivity contribution in [3.8, 4) is 0 Å². The second-order valence-corrected chi connectivity index (χ2v) is 20.1. The number of imidazole rings is 1. The fourth-order valence-corrected chi connectivity index (χ4v) is 11.2. The van der Waals surface area contributed by atoms with Gasteiger partial charge in [-0.2, -0.15) is 0 Å². The van der Waals surface area contributed by atoms with Gasteiger partial charge in [0.2, 0.25) is 0 Å². The number of ether oxygens (including phenoxy) is 1. The molecule has 0 radical (unpaired) electrons. The summed E-state index contributed by atoms with van der Waals surface area (Å²) in [6.45, 7) is 11.3. The molecule has 2 aliphatic heterocycles. The average Bonchev–Trinajstić information content (AvgIpc) is 3.39. The zero-order chi connectivity index (χ0) is 21.5. The van der Waals surface area contributed by atoms with Crippen molar-refractivity contribution in [1.82, 2.24) is 19.5 Å². The molecule has 166 valence electrons. The van der Waals surface area contributed by atoms with Gasteiger partial charge in [0.1, 0.15) is 24.2 Å². The monoisotopic (exact) mass is 487 g/mol. The number of nitrogens with two attached hydrogens (primary N) is 1. The van der Waals surface area contributed by atoms with Crippen LogP contribution in [0.5, 0.6) is 0 Å². The molecule has 0 amide bonds. The van der Waals surface area contributed by atoms with E-state index in [9.17, 15) is 0 Å². The van der Waals surface area contributed by atoms with Gasteiger partial charge in [-0.25, -0.2) is 15.0 Å². The summed E-state index contributed by atoms with van der Waals surface area (Å²) in [6, 6.07) is 0. The van der Waals surface area contributed by atoms with Gasteiger partial charge in [0.15, 0.2) is 26.3 Å². The van der Waals surface area contributed by atoms with Crippen LogP contribution in [0.3, 0.4) is 0 Å². The van der Waals surface area contributed by atoms with E-state index in [-0.39, 0.29) is 23.5 Å². The van der Waals surface area contributed by atoms with Gasteiger partial charge in [-0.15, -0.1) is 0 Å². The Hall–Kier alpha value is -0.423. The molecule has 2 N–H and O–H groups in total. The maximum absolute atomic E-state index is 6.51. The molecule has 0 unspecified atom stereocenters. The molecule has 2 saturated heterocycles. The first kappa shape index (κ1) is 22.8. The number of fused-ring (bicyclic) bond motifs is 1.